The zero-order valence-electron chi connectivity index (χ0n) is 17.4. The molecule has 0 unspecified atom stereocenters. The van der Waals surface area contributed by atoms with E-state index >= 15 is 0 Å². The number of nitrogens with zero attached hydrogens (tertiary/aromatic N) is 3. The third kappa shape index (κ3) is 7.95. The SMILES string of the molecule is O=[N+]([O-])c1ccc(CNC(=NCc2ccc(F)cc2)NCCCN2CCOCC2)cc1. The van der Waals surface area contributed by atoms with Crippen molar-refractivity contribution < 1.29 is 14.1 Å². The standard InChI is InChI=1S/C22H28FN5O3/c23-20-6-2-18(3-7-20)16-25-22(24-10-1-11-27-12-14-31-15-13-27)26-17-19-4-8-21(9-5-19)28(29)30/h2-9H,1,10-17H2,(H2,24,25,26). The fraction of sp³-hybridized carbons (Fsp3) is 0.409. The average Bonchev–Trinajstić information content (AvgIpc) is 2.80. The van der Waals surface area contributed by atoms with E-state index in [1.54, 1.807) is 24.3 Å². The molecule has 1 saturated heterocycles. The van der Waals surface area contributed by atoms with Crippen LogP contribution < -0.4 is 10.6 Å². The Kier molecular flexibility index (Phi) is 8.74. The number of morpholine rings is 1. The predicted octanol–water partition coefficient (Wildman–Crippen LogP) is 2.69. The van der Waals surface area contributed by atoms with Crippen LogP contribution in [0.4, 0.5) is 10.1 Å². The lowest BCUT2D eigenvalue weighted by Crippen LogP contribution is -2.40. The highest BCUT2D eigenvalue weighted by atomic mass is 19.1. The molecule has 0 saturated carbocycles. The summed E-state index contributed by atoms with van der Waals surface area (Å²) in [6.45, 7) is 6.14. The number of guanidine groups is 1. The van der Waals surface area contributed by atoms with E-state index in [4.69, 9.17) is 4.74 Å². The lowest BCUT2D eigenvalue weighted by atomic mass is 10.2. The molecule has 0 atom stereocenters. The second kappa shape index (κ2) is 12.0. The van der Waals surface area contributed by atoms with Gasteiger partial charge in [0.15, 0.2) is 5.96 Å². The second-order valence-corrected chi connectivity index (χ2v) is 7.30. The van der Waals surface area contributed by atoms with Crippen LogP contribution >= 0.6 is 0 Å². The van der Waals surface area contributed by atoms with Gasteiger partial charge < -0.3 is 15.4 Å². The van der Waals surface area contributed by atoms with E-state index in [0.717, 1.165) is 56.9 Å². The van der Waals surface area contributed by atoms with Crippen LogP contribution in [0.3, 0.4) is 0 Å². The molecule has 2 aromatic rings. The first-order valence-electron chi connectivity index (χ1n) is 10.4. The van der Waals surface area contributed by atoms with Crippen LogP contribution in [0.2, 0.25) is 0 Å². The van der Waals surface area contributed by atoms with Crippen molar-refractivity contribution in [1.82, 2.24) is 15.5 Å². The average molecular weight is 429 g/mol. The minimum absolute atomic E-state index is 0.0650. The molecule has 0 aliphatic carbocycles. The summed E-state index contributed by atoms with van der Waals surface area (Å²) in [6.07, 6.45) is 0.967. The molecule has 166 valence electrons. The zero-order valence-corrected chi connectivity index (χ0v) is 17.4. The van der Waals surface area contributed by atoms with Crippen LogP contribution in [0.15, 0.2) is 53.5 Å². The van der Waals surface area contributed by atoms with Crippen molar-refractivity contribution in [2.45, 2.75) is 19.5 Å². The van der Waals surface area contributed by atoms with Crippen molar-refractivity contribution in [2.75, 3.05) is 39.4 Å². The monoisotopic (exact) mass is 429 g/mol. The summed E-state index contributed by atoms with van der Waals surface area (Å²) in [5.41, 5.74) is 1.89. The number of nitro groups is 1. The molecule has 0 bridgehead atoms. The van der Waals surface area contributed by atoms with Crippen LogP contribution in [0.1, 0.15) is 17.5 Å². The van der Waals surface area contributed by atoms with E-state index in [1.807, 2.05) is 0 Å². The Morgan fingerprint density at radius 1 is 1.06 bits per heavy atom. The summed E-state index contributed by atoms with van der Waals surface area (Å²) >= 11 is 0. The first-order valence-corrected chi connectivity index (χ1v) is 10.4. The lowest BCUT2D eigenvalue weighted by molar-refractivity contribution is -0.384. The Bertz CT molecular complexity index is 852. The largest absolute Gasteiger partial charge is 0.379 e. The van der Waals surface area contributed by atoms with Crippen molar-refractivity contribution in [3.05, 3.63) is 75.6 Å². The molecule has 0 spiro atoms. The van der Waals surface area contributed by atoms with Crippen molar-refractivity contribution >= 4 is 11.6 Å². The third-order valence-electron chi connectivity index (χ3n) is 4.99. The number of nitrogens with one attached hydrogen (secondary N) is 2. The fourth-order valence-corrected chi connectivity index (χ4v) is 3.19. The van der Waals surface area contributed by atoms with Gasteiger partial charge in [-0.05, 0) is 36.2 Å². The molecule has 1 fully saturated rings. The van der Waals surface area contributed by atoms with Gasteiger partial charge in [-0.15, -0.1) is 0 Å². The smallest absolute Gasteiger partial charge is 0.269 e. The van der Waals surface area contributed by atoms with Crippen LogP contribution in [-0.2, 0) is 17.8 Å². The Morgan fingerprint density at radius 2 is 1.74 bits per heavy atom. The maximum absolute atomic E-state index is 13.1. The molecule has 31 heavy (non-hydrogen) atoms. The maximum Gasteiger partial charge on any atom is 0.269 e. The van der Waals surface area contributed by atoms with Gasteiger partial charge in [-0.2, -0.15) is 0 Å². The summed E-state index contributed by atoms with van der Waals surface area (Å²) in [5.74, 6) is 0.371. The summed E-state index contributed by atoms with van der Waals surface area (Å²) < 4.78 is 18.5. The summed E-state index contributed by atoms with van der Waals surface area (Å²) in [7, 11) is 0. The Hall–Kier alpha value is -3.04. The van der Waals surface area contributed by atoms with E-state index in [9.17, 15) is 14.5 Å². The number of halogens is 1. The topological polar surface area (TPSA) is 92.0 Å². The summed E-state index contributed by atoms with van der Waals surface area (Å²) in [4.78, 5) is 17.4. The quantitative estimate of drug-likeness (QED) is 0.209. The van der Waals surface area contributed by atoms with Gasteiger partial charge in [0.05, 0.1) is 24.7 Å². The van der Waals surface area contributed by atoms with Crippen LogP contribution in [-0.4, -0.2) is 55.2 Å². The molecule has 0 aromatic heterocycles. The molecule has 0 amide bonds. The number of ether oxygens (including phenoxy) is 1. The molecule has 1 heterocycles. The lowest BCUT2D eigenvalue weighted by Gasteiger charge is -2.26. The number of non-ortho nitro benzene ring substituents is 1. The number of benzene rings is 2. The van der Waals surface area contributed by atoms with E-state index in [1.165, 1.54) is 24.3 Å². The number of rotatable bonds is 9. The molecular formula is C22H28FN5O3. The second-order valence-electron chi connectivity index (χ2n) is 7.30. The van der Waals surface area contributed by atoms with Crippen LogP contribution in [0, 0.1) is 15.9 Å². The van der Waals surface area contributed by atoms with Crippen molar-refractivity contribution in [1.29, 1.82) is 0 Å². The molecule has 2 aromatic carbocycles. The molecule has 2 N–H and O–H groups in total. The molecule has 0 radical (unpaired) electrons. The van der Waals surface area contributed by atoms with Gasteiger partial charge in [0.2, 0.25) is 0 Å². The van der Waals surface area contributed by atoms with Crippen molar-refractivity contribution in [2.24, 2.45) is 4.99 Å². The van der Waals surface area contributed by atoms with E-state index < -0.39 is 4.92 Å². The Labute approximate surface area is 181 Å². The van der Waals surface area contributed by atoms with Gasteiger partial charge in [0.1, 0.15) is 5.82 Å². The van der Waals surface area contributed by atoms with Gasteiger partial charge in [0, 0.05) is 38.3 Å². The van der Waals surface area contributed by atoms with Gasteiger partial charge in [-0.25, -0.2) is 9.38 Å². The highest BCUT2D eigenvalue weighted by Gasteiger charge is 2.09. The van der Waals surface area contributed by atoms with Gasteiger partial charge in [-0.1, -0.05) is 24.3 Å². The minimum Gasteiger partial charge on any atom is -0.379 e. The molecule has 3 rings (SSSR count). The molecular weight excluding hydrogens is 401 g/mol. The fourth-order valence-electron chi connectivity index (χ4n) is 3.19. The summed E-state index contributed by atoms with van der Waals surface area (Å²) in [6, 6.07) is 12.7. The van der Waals surface area contributed by atoms with E-state index in [0.29, 0.717) is 19.0 Å². The predicted molar refractivity (Wildman–Crippen MR) is 117 cm³/mol. The Balaban J connectivity index is 1.53. The van der Waals surface area contributed by atoms with E-state index in [2.05, 4.69) is 20.5 Å². The van der Waals surface area contributed by atoms with Gasteiger partial charge >= 0.3 is 0 Å². The van der Waals surface area contributed by atoms with Crippen molar-refractivity contribution in [3.63, 3.8) is 0 Å². The Morgan fingerprint density at radius 3 is 2.42 bits per heavy atom. The number of nitro benzene ring substituents is 1. The van der Waals surface area contributed by atoms with Gasteiger partial charge in [0.25, 0.3) is 5.69 Å². The normalized spacial score (nSPS) is 14.9. The highest BCUT2D eigenvalue weighted by molar-refractivity contribution is 5.79. The number of aliphatic imine (C=N–C) groups is 1. The minimum atomic E-state index is -0.414. The number of hydrogen-bond donors (Lipinski definition) is 2. The summed E-state index contributed by atoms with van der Waals surface area (Å²) in [5, 5.41) is 17.4. The van der Waals surface area contributed by atoms with Crippen LogP contribution in [0.25, 0.3) is 0 Å². The van der Waals surface area contributed by atoms with Gasteiger partial charge in [-0.3, -0.25) is 15.0 Å². The number of hydrogen-bond acceptors (Lipinski definition) is 5. The first kappa shape index (κ1) is 22.6. The molecule has 1 aliphatic rings. The molecule has 9 heteroatoms. The highest BCUT2D eigenvalue weighted by Crippen LogP contribution is 2.11. The third-order valence-corrected chi connectivity index (χ3v) is 4.99. The zero-order chi connectivity index (χ0) is 21.9. The van der Waals surface area contributed by atoms with Crippen molar-refractivity contribution in [3.8, 4) is 0 Å². The van der Waals surface area contributed by atoms with Crippen LogP contribution in [0.5, 0.6) is 0 Å². The molecule has 1 aliphatic heterocycles. The first-order chi connectivity index (χ1) is 15.1. The van der Waals surface area contributed by atoms with E-state index in [-0.39, 0.29) is 11.5 Å². The maximum atomic E-state index is 13.1. The molecule has 8 nitrogen and oxygen atoms in total.